The quantitative estimate of drug-likeness (QED) is 0.696. The molecule has 0 fully saturated rings. The molecule has 4 nitrogen and oxygen atoms in total. The van der Waals surface area contributed by atoms with E-state index in [1.807, 2.05) is 37.3 Å². The van der Waals surface area contributed by atoms with Crippen molar-refractivity contribution >= 4 is 22.5 Å². The number of aromatic nitrogens is 1. The van der Waals surface area contributed by atoms with Crippen LogP contribution in [0.5, 0.6) is 0 Å². The Morgan fingerprint density at radius 3 is 2.65 bits per heavy atom. The standard InChI is InChI=1S/C16H17N3O/c1-3-10-7-15-14(8-13(10)18)19-16(20-15)12-5-4-11(17)6-9(12)2/h4-8H,3,17-18H2,1-2H3. The number of hydrogen-bond donors (Lipinski definition) is 2. The summed E-state index contributed by atoms with van der Waals surface area (Å²) in [6, 6.07) is 9.53. The van der Waals surface area contributed by atoms with Crippen molar-refractivity contribution in [2.24, 2.45) is 0 Å². The van der Waals surface area contributed by atoms with Crippen molar-refractivity contribution in [1.82, 2.24) is 4.98 Å². The fourth-order valence-corrected chi connectivity index (χ4v) is 2.38. The first-order valence-electron chi connectivity index (χ1n) is 6.64. The third-order valence-corrected chi connectivity index (χ3v) is 3.51. The number of anilines is 2. The molecule has 0 bridgehead atoms. The Morgan fingerprint density at radius 2 is 1.95 bits per heavy atom. The molecule has 4 heteroatoms. The minimum Gasteiger partial charge on any atom is -0.436 e. The van der Waals surface area contributed by atoms with E-state index < -0.39 is 0 Å². The molecule has 0 spiro atoms. The molecule has 1 heterocycles. The number of benzene rings is 2. The van der Waals surface area contributed by atoms with Gasteiger partial charge in [-0.25, -0.2) is 4.98 Å². The SMILES string of the molecule is CCc1cc2oc(-c3ccc(N)cc3C)nc2cc1N. The molecule has 3 aromatic rings. The van der Waals surface area contributed by atoms with E-state index >= 15 is 0 Å². The molecule has 0 aliphatic rings. The molecule has 0 aliphatic carbocycles. The van der Waals surface area contributed by atoms with Crippen molar-refractivity contribution in [1.29, 1.82) is 0 Å². The summed E-state index contributed by atoms with van der Waals surface area (Å²) in [5.41, 5.74) is 17.9. The van der Waals surface area contributed by atoms with E-state index in [2.05, 4.69) is 11.9 Å². The fraction of sp³-hybridized carbons (Fsp3) is 0.188. The zero-order valence-corrected chi connectivity index (χ0v) is 11.6. The zero-order valence-electron chi connectivity index (χ0n) is 11.6. The van der Waals surface area contributed by atoms with Gasteiger partial charge in [0.1, 0.15) is 5.52 Å². The topological polar surface area (TPSA) is 78.1 Å². The van der Waals surface area contributed by atoms with Crippen LogP contribution in [0.1, 0.15) is 18.1 Å². The molecule has 0 saturated heterocycles. The van der Waals surface area contributed by atoms with Crippen molar-refractivity contribution in [3.8, 4) is 11.5 Å². The number of nitrogens with zero attached hydrogens (tertiary/aromatic N) is 1. The second-order valence-electron chi connectivity index (χ2n) is 4.97. The van der Waals surface area contributed by atoms with Crippen molar-refractivity contribution < 1.29 is 4.42 Å². The number of aryl methyl sites for hydroxylation is 2. The van der Waals surface area contributed by atoms with Crippen LogP contribution in [0.2, 0.25) is 0 Å². The van der Waals surface area contributed by atoms with Crippen LogP contribution in [0.3, 0.4) is 0 Å². The second kappa shape index (κ2) is 4.56. The third kappa shape index (κ3) is 1.99. The van der Waals surface area contributed by atoms with Gasteiger partial charge in [0.15, 0.2) is 5.58 Å². The van der Waals surface area contributed by atoms with Crippen LogP contribution in [0.15, 0.2) is 34.7 Å². The number of nitrogens with two attached hydrogens (primary N) is 2. The van der Waals surface area contributed by atoms with E-state index in [0.29, 0.717) is 5.89 Å². The zero-order chi connectivity index (χ0) is 14.3. The molecule has 0 radical (unpaired) electrons. The lowest BCUT2D eigenvalue weighted by atomic mass is 10.1. The monoisotopic (exact) mass is 267 g/mol. The average molecular weight is 267 g/mol. The van der Waals surface area contributed by atoms with Crippen LogP contribution in [0.25, 0.3) is 22.6 Å². The van der Waals surface area contributed by atoms with Gasteiger partial charge in [-0.05, 0) is 54.8 Å². The largest absolute Gasteiger partial charge is 0.436 e. The van der Waals surface area contributed by atoms with Crippen molar-refractivity contribution in [2.75, 3.05) is 11.5 Å². The molecule has 20 heavy (non-hydrogen) atoms. The highest BCUT2D eigenvalue weighted by Crippen LogP contribution is 2.30. The first-order valence-corrected chi connectivity index (χ1v) is 6.64. The smallest absolute Gasteiger partial charge is 0.227 e. The molecule has 0 amide bonds. The first-order chi connectivity index (χ1) is 9.58. The van der Waals surface area contributed by atoms with Crippen LogP contribution in [0, 0.1) is 6.92 Å². The molecule has 0 aliphatic heterocycles. The van der Waals surface area contributed by atoms with E-state index in [4.69, 9.17) is 15.9 Å². The number of fused-ring (bicyclic) bond motifs is 1. The summed E-state index contributed by atoms with van der Waals surface area (Å²) >= 11 is 0. The Kier molecular flexibility index (Phi) is 2.86. The van der Waals surface area contributed by atoms with E-state index in [1.165, 1.54) is 0 Å². The number of rotatable bonds is 2. The molecule has 1 aromatic heterocycles. The summed E-state index contributed by atoms with van der Waals surface area (Å²) in [5, 5.41) is 0. The minimum absolute atomic E-state index is 0.602. The van der Waals surface area contributed by atoms with Crippen LogP contribution in [-0.4, -0.2) is 4.98 Å². The molecule has 0 atom stereocenters. The number of oxazole rings is 1. The van der Waals surface area contributed by atoms with E-state index in [0.717, 1.165) is 45.6 Å². The summed E-state index contributed by atoms with van der Waals surface area (Å²) in [5.74, 6) is 0.602. The predicted molar refractivity (Wildman–Crippen MR) is 82.4 cm³/mol. The fourth-order valence-electron chi connectivity index (χ4n) is 2.38. The maximum absolute atomic E-state index is 6.00. The summed E-state index contributed by atoms with van der Waals surface area (Å²) in [4.78, 5) is 4.52. The lowest BCUT2D eigenvalue weighted by Gasteiger charge is -2.01. The maximum atomic E-state index is 6.00. The van der Waals surface area contributed by atoms with Crippen molar-refractivity contribution in [3.63, 3.8) is 0 Å². The van der Waals surface area contributed by atoms with E-state index in [1.54, 1.807) is 0 Å². The maximum Gasteiger partial charge on any atom is 0.227 e. The van der Waals surface area contributed by atoms with Crippen LogP contribution in [-0.2, 0) is 6.42 Å². The molecular formula is C16H17N3O. The van der Waals surface area contributed by atoms with Crippen LogP contribution < -0.4 is 11.5 Å². The average Bonchev–Trinajstić information content (AvgIpc) is 2.79. The Balaban J connectivity index is 2.17. The van der Waals surface area contributed by atoms with Gasteiger partial charge in [-0.2, -0.15) is 0 Å². The highest BCUT2D eigenvalue weighted by molar-refractivity contribution is 5.81. The Morgan fingerprint density at radius 1 is 1.15 bits per heavy atom. The van der Waals surface area contributed by atoms with E-state index in [9.17, 15) is 0 Å². The second-order valence-corrected chi connectivity index (χ2v) is 4.97. The lowest BCUT2D eigenvalue weighted by Crippen LogP contribution is -1.92. The minimum atomic E-state index is 0.602. The van der Waals surface area contributed by atoms with Crippen molar-refractivity contribution in [3.05, 3.63) is 41.5 Å². The summed E-state index contributed by atoms with van der Waals surface area (Å²) < 4.78 is 5.86. The summed E-state index contributed by atoms with van der Waals surface area (Å²) in [6.45, 7) is 4.06. The van der Waals surface area contributed by atoms with Gasteiger partial charge < -0.3 is 15.9 Å². The molecule has 102 valence electrons. The lowest BCUT2D eigenvalue weighted by molar-refractivity contribution is 0.619. The predicted octanol–water partition coefficient (Wildman–Crippen LogP) is 3.53. The number of hydrogen-bond acceptors (Lipinski definition) is 4. The molecule has 0 unspecified atom stereocenters. The van der Waals surface area contributed by atoms with Gasteiger partial charge in [0.05, 0.1) is 0 Å². The van der Waals surface area contributed by atoms with Gasteiger partial charge in [-0.15, -0.1) is 0 Å². The Hall–Kier alpha value is -2.49. The molecule has 0 saturated carbocycles. The molecule has 2 aromatic carbocycles. The van der Waals surface area contributed by atoms with Gasteiger partial charge in [0, 0.05) is 16.9 Å². The highest BCUT2D eigenvalue weighted by Gasteiger charge is 2.12. The molecule has 3 rings (SSSR count). The van der Waals surface area contributed by atoms with Gasteiger partial charge in [0.2, 0.25) is 5.89 Å². The van der Waals surface area contributed by atoms with E-state index in [-0.39, 0.29) is 0 Å². The van der Waals surface area contributed by atoms with Crippen LogP contribution >= 0.6 is 0 Å². The normalized spacial score (nSPS) is 11.1. The summed E-state index contributed by atoms with van der Waals surface area (Å²) in [6.07, 6.45) is 0.874. The number of nitrogen functional groups attached to an aromatic ring is 2. The third-order valence-electron chi connectivity index (χ3n) is 3.51. The van der Waals surface area contributed by atoms with Crippen molar-refractivity contribution in [2.45, 2.75) is 20.3 Å². The highest BCUT2D eigenvalue weighted by atomic mass is 16.3. The van der Waals surface area contributed by atoms with Crippen LogP contribution in [0.4, 0.5) is 11.4 Å². The van der Waals surface area contributed by atoms with Gasteiger partial charge >= 0.3 is 0 Å². The first kappa shape index (κ1) is 12.5. The van der Waals surface area contributed by atoms with Gasteiger partial charge in [-0.1, -0.05) is 6.92 Å². The molecular weight excluding hydrogens is 250 g/mol. The summed E-state index contributed by atoms with van der Waals surface area (Å²) in [7, 11) is 0. The van der Waals surface area contributed by atoms with Gasteiger partial charge in [-0.3, -0.25) is 0 Å². The molecule has 4 N–H and O–H groups in total. The Labute approximate surface area is 117 Å². The Bertz CT molecular complexity index is 790. The van der Waals surface area contributed by atoms with Gasteiger partial charge in [0.25, 0.3) is 0 Å².